The molecular formula is C18H23ClO5. The van der Waals surface area contributed by atoms with Gasteiger partial charge in [0.15, 0.2) is 0 Å². The van der Waals surface area contributed by atoms with Crippen LogP contribution in [0.4, 0.5) is 0 Å². The average molecular weight is 355 g/mol. The lowest BCUT2D eigenvalue weighted by molar-refractivity contribution is 0.364. The molecule has 0 atom stereocenters. The number of hydrogen-bond acceptors (Lipinski definition) is 5. The third kappa shape index (κ3) is 6.24. The normalized spacial score (nSPS) is 11.6. The summed E-state index contributed by atoms with van der Waals surface area (Å²) in [4.78, 5) is 21.7. The first-order chi connectivity index (χ1) is 10.8. The van der Waals surface area contributed by atoms with Gasteiger partial charge in [0.25, 0.3) is 0 Å². The summed E-state index contributed by atoms with van der Waals surface area (Å²) in [5.41, 5.74) is -1.34. The Hall–Kier alpha value is -2.01. The van der Waals surface area contributed by atoms with Crippen molar-refractivity contribution >= 4 is 11.6 Å². The van der Waals surface area contributed by atoms with Crippen molar-refractivity contribution in [3.63, 3.8) is 0 Å². The number of halogens is 1. The smallest absolute Gasteiger partial charge is 0.339 e. The van der Waals surface area contributed by atoms with E-state index in [2.05, 4.69) is 0 Å². The molecule has 0 aliphatic carbocycles. The molecule has 2 rings (SSSR count). The molecule has 132 valence electrons. The maximum absolute atomic E-state index is 10.9. The molecule has 0 fully saturated rings. The van der Waals surface area contributed by atoms with Gasteiger partial charge < -0.3 is 13.9 Å². The molecule has 0 unspecified atom stereocenters. The molecule has 0 aromatic carbocycles. The van der Waals surface area contributed by atoms with Gasteiger partial charge in [0.05, 0.1) is 11.1 Å². The fourth-order valence-corrected chi connectivity index (χ4v) is 1.84. The summed E-state index contributed by atoms with van der Waals surface area (Å²) in [6.45, 7) is 11.6. The minimum Gasteiger partial charge on any atom is -0.508 e. The van der Waals surface area contributed by atoms with Gasteiger partial charge >= 0.3 is 11.3 Å². The summed E-state index contributed by atoms with van der Waals surface area (Å²) in [7, 11) is 0. The molecule has 24 heavy (non-hydrogen) atoms. The van der Waals surface area contributed by atoms with Crippen LogP contribution in [0.15, 0.2) is 42.7 Å². The van der Waals surface area contributed by atoms with Crippen molar-refractivity contribution in [3.8, 4) is 5.75 Å². The summed E-state index contributed by atoms with van der Waals surface area (Å²) in [6, 6.07) is 5.44. The number of hydrogen-bond donors (Lipinski definition) is 1. The van der Waals surface area contributed by atoms with Gasteiger partial charge in [-0.15, -0.1) is 0 Å². The highest BCUT2D eigenvalue weighted by Crippen LogP contribution is 2.23. The number of rotatable bonds is 0. The fourth-order valence-electron chi connectivity index (χ4n) is 1.65. The van der Waals surface area contributed by atoms with Crippen molar-refractivity contribution in [1.29, 1.82) is 0 Å². The Labute approximate surface area is 145 Å². The van der Waals surface area contributed by atoms with Crippen LogP contribution in [0.3, 0.4) is 0 Å². The van der Waals surface area contributed by atoms with Gasteiger partial charge in [-0.1, -0.05) is 53.1 Å². The summed E-state index contributed by atoms with van der Waals surface area (Å²) < 4.78 is 9.89. The van der Waals surface area contributed by atoms with Crippen LogP contribution in [0.5, 0.6) is 5.75 Å². The largest absolute Gasteiger partial charge is 0.508 e. The quantitative estimate of drug-likeness (QED) is 0.765. The molecule has 2 aromatic rings. The Morgan fingerprint density at radius 1 is 0.792 bits per heavy atom. The van der Waals surface area contributed by atoms with E-state index in [4.69, 9.17) is 25.5 Å². The lowest BCUT2D eigenvalue weighted by atomic mass is 9.93. The second-order valence-corrected chi connectivity index (χ2v) is 7.89. The molecule has 0 aliphatic rings. The van der Waals surface area contributed by atoms with Crippen LogP contribution in [-0.4, -0.2) is 5.11 Å². The van der Waals surface area contributed by atoms with Crippen molar-refractivity contribution in [3.05, 3.63) is 61.6 Å². The first kappa shape index (κ1) is 20.0. The van der Waals surface area contributed by atoms with E-state index in [1.807, 2.05) is 41.5 Å². The van der Waals surface area contributed by atoms with Crippen LogP contribution in [0.25, 0.3) is 0 Å². The minimum absolute atomic E-state index is 0.0452. The van der Waals surface area contributed by atoms with Gasteiger partial charge in [0, 0.05) is 23.0 Å². The van der Waals surface area contributed by atoms with Crippen molar-refractivity contribution in [2.45, 2.75) is 52.4 Å². The highest BCUT2D eigenvalue weighted by atomic mass is 35.5. The Morgan fingerprint density at radius 2 is 1.21 bits per heavy atom. The van der Waals surface area contributed by atoms with E-state index >= 15 is 0 Å². The Morgan fingerprint density at radius 3 is 1.58 bits per heavy atom. The van der Waals surface area contributed by atoms with Gasteiger partial charge in [-0.25, -0.2) is 9.59 Å². The van der Waals surface area contributed by atoms with Crippen molar-refractivity contribution in [1.82, 2.24) is 0 Å². The molecule has 2 heterocycles. The van der Waals surface area contributed by atoms with Gasteiger partial charge in [-0.05, 0) is 6.07 Å². The van der Waals surface area contributed by atoms with E-state index in [1.165, 1.54) is 12.1 Å². The van der Waals surface area contributed by atoms with Crippen LogP contribution in [0.1, 0.15) is 53.1 Å². The van der Waals surface area contributed by atoms with E-state index < -0.39 is 11.3 Å². The SMILES string of the molecule is CC(C)(C)c1cc(Cl)cc(=O)o1.CC(C)(C)c1cc(O)cc(=O)o1. The van der Waals surface area contributed by atoms with Gasteiger partial charge in [-0.2, -0.15) is 0 Å². The number of aromatic hydroxyl groups is 1. The molecule has 0 radical (unpaired) electrons. The second-order valence-electron chi connectivity index (χ2n) is 7.46. The summed E-state index contributed by atoms with van der Waals surface area (Å²) in [5.74, 6) is 1.06. The maximum atomic E-state index is 10.9. The summed E-state index contributed by atoms with van der Waals surface area (Å²) >= 11 is 5.70. The van der Waals surface area contributed by atoms with Crippen LogP contribution in [0, 0.1) is 0 Å². The Kier molecular flexibility index (Phi) is 6.06. The van der Waals surface area contributed by atoms with Gasteiger partial charge in [0.1, 0.15) is 17.3 Å². The average Bonchev–Trinajstić information content (AvgIpc) is 2.35. The van der Waals surface area contributed by atoms with Gasteiger partial charge in [0.2, 0.25) is 0 Å². The second kappa shape index (κ2) is 7.26. The van der Waals surface area contributed by atoms with Crippen LogP contribution < -0.4 is 11.3 Å². The fraction of sp³-hybridized carbons (Fsp3) is 0.444. The first-order valence-electron chi connectivity index (χ1n) is 7.45. The first-order valence-corrected chi connectivity index (χ1v) is 7.82. The monoisotopic (exact) mass is 354 g/mol. The standard InChI is InChI=1S/C9H11ClO2.C9H12O3/c2*1-9(2,3)7-4-6(10)5-8(11)12-7/h4-5H,1-3H3;4-5,10H,1-3H3. The predicted octanol–water partition coefficient (Wildman–Crippen LogP) is 4.23. The molecule has 0 saturated heterocycles. The zero-order chi connectivity index (χ0) is 18.7. The summed E-state index contributed by atoms with van der Waals surface area (Å²) in [5, 5.41) is 9.52. The molecule has 0 saturated carbocycles. The maximum Gasteiger partial charge on any atom is 0.339 e. The molecule has 0 amide bonds. The Bertz CT molecular complexity index is 734. The highest BCUT2D eigenvalue weighted by molar-refractivity contribution is 6.30. The van der Waals surface area contributed by atoms with E-state index in [9.17, 15) is 9.59 Å². The lowest BCUT2D eigenvalue weighted by Crippen LogP contribution is -2.14. The zero-order valence-corrected chi connectivity index (χ0v) is 15.5. The van der Waals surface area contributed by atoms with Crippen LogP contribution >= 0.6 is 11.6 Å². The van der Waals surface area contributed by atoms with Crippen LogP contribution in [-0.2, 0) is 10.8 Å². The topological polar surface area (TPSA) is 80.6 Å². The molecular weight excluding hydrogens is 332 g/mol. The van der Waals surface area contributed by atoms with E-state index in [-0.39, 0.29) is 16.6 Å². The van der Waals surface area contributed by atoms with Crippen LogP contribution in [0.2, 0.25) is 5.02 Å². The molecule has 2 aromatic heterocycles. The molecule has 0 aliphatic heterocycles. The molecule has 0 bridgehead atoms. The molecule has 6 heteroatoms. The molecule has 5 nitrogen and oxygen atoms in total. The van der Waals surface area contributed by atoms with Crippen molar-refractivity contribution < 1.29 is 13.9 Å². The van der Waals surface area contributed by atoms with Gasteiger partial charge in [-0.3, -0.25) is 0 Å². The Balaban J connectivity index is 0.000000240. The lowest BCUT2D eigenvalue weighted by Gasteiger charge is -2.15. The van der Waals surface area contributed by atoms with E-state index in [0.717, 1.165) is 6.07 Å². The highest BCUT2D eigenvalue weighted by Gasteiger charge is 2.18. The summed E-state index contributed by atoms with van der Waals surface area (Å²) in [6.07, 6.45) is 0. The molecule has 0 spiro atoms. The third-order valence-electron chi connectivity index (χ3n) is 2.97. The molecule has 1 N–H and O–H groups in total. The third-order valence-corrected chi connectivity index (χ3v) is 3.19. The van der Waals surface area contributed by atoms with E-state index in [0.29, 0.717) is 16.5 Å². The zero-order valence-electron chi connectivity index (χ0n) is 14.8. The predicted molar refractivity (Wildman–Crippen MR) is 94.0 cm³/mol. The van der Waals surface area contributed by atoms with Crippen molar-refractivity contribution in [2.24, 2.45) is 0 Å². The van der Waals surface area contributed by atoms with Crippen molar-refractivity contribution in [2.75, 3.05) is 0 Å². The minimum atomic E-state index is -0.514. The van der Waals surface area contributed by atoms with E-state index in [1.54, 1.807) is 6.07 Å².